The summed E-state index contributed by atoms with van der Waals surface area (Å²) in [6.07, 6.45) is 4.04. The van der Waals surface area contributed by atoms with E-state index in [1.807, 2.05) is 31.2 Å². The number of fused-ring (bicyclic) bond motifs is 1. The van der Waals surface area contributed by atoms with E-state index in [1.54, 1.807) is 23.9 Å². The van der Waals surface area contributed by atoms with Crippen LogP contribution < -0.4 is 15.6 Å². The Bertz CT molecular complexity index is 1130. The second kappa shape index (κ2) is 9.16. The Labute approximate surface area is 180 Å². The molecule has 0 bridgehead atoms. The average molecular weight is 422 g/mol. The third kappa shape index (κ3) is 4.68. The summed E-state index contributed by atoms with van der Waals surface area (Å²) in [6, 6.07) is 11.1. The molecule has 1 aliphatic carbocycles. The summed E-state index contributed by atoms with van der Waals surface area (Å²) >= 11 is 0. The van der Waals surface area contributed by atoms with Crippen LogP contribution in [0.3, 0.4) is 0 Å². The molecular weight excluding hydrogens is 394 g/mol. The first-order valence-electron chi connectivity index (χ1n) is 10.7. The van der Waals surface area contributed by atoms with Crippen molar-refractivity contribution in [3.63, 3.8) is 0 Å². The zero-order valence-corrected chi connectivity index (χ0v) is 17.9. The molecule has 0 radical (unpaired) electrons. The number of benzene rings is 1. The largest absolute Gasteiger partial charge is 0.494 e. The number of hydrogen-bond acceptors (Lipinski definition) is 5. The summed E-state index contributed by atoms with van der Waals surface area (Å²) in [5, 5.41) is 11.8. The summed E-state index contributed by atoms with van der Waals surface area (Å²) in [5.74, 6) is 0.560. The first kappa shape index (κ1) is 20.8. The maximum Gasteiger partial charge on any atom is 0.269 e. The number of aromatic nitrogens is 4. The van der Waals surface area contributed by atoms with Crippen LogP contribution in [0.4, 0.5) is 0 Å². The molecule has 0 spiro atoms. The minimum absolute atomic E-state index is 0.117. The maximum absolute atomic E-state index is 12.7. The number of carbonyl (C=O) groups excluding carboxylic acids is 1. The van der Waals surface area contributed by atoms with Gasteiger partial charge in [0.15, 0.2) is 0 Å². The summed E-state index contributed by atoms with van der Waals surface area (Å²) < 4.78 is 8.47. The van der Waals surface area contributed by atoms with Crippen molar-refractivity contribution in [2.24, 2.45) is 7.05 Å². The topological polar surface area (TPSA) is 91.0 Å². The van der Waals surface area contributed by atoms with Gasteiger partial charge >= 0.3 is 0 Å². The van der Waals surface area contributed by atoms with Crippen molar-refractivity contribution in [1.82, 2.24) is 24.9 Å². The van der Waals surface area contributed by atoms with Crippen molar-refractivity contribution in [2.45, 2.75) is 39.2 Å². The average Bonchev–Trinajstić information content (AvgIpc) is 3.16. The Balaban J connectivity index is 1.40. The minimum atomic E-state index is -0.238. The van der Waals surface area contributed by atoms with Crippen LogP contribution in [0.2, 0.25) is 0 Å². The lowest BCUT2D eigenvalue weighted by Gasteiger charge is -2.16. The van der Waals surface area contributed by atoms with Gasteiger partial charge in [-0.15, -0.1) is 0 Å². The van der Waals surface area contributed by atoms with Gasteiger partial charge < -0.3 is 10.1 Å². The molecule has 1 aromatic carbocycles. The molecule has 8 heteroatoms. The van der Waals surface area contributed by atoms with Crippen molar-refractivity contribution in [1.29, 1.82) is 0 Å². The van der Waals surface area contributed by atoms with E-state index in [0.717, 1.165) is 48.3 Å². The van der Waals surface area contributed by atoms with E-state index in [9.17, 15) is 9.59 Å². The van der Waals surface area contributed by atoms with Crippen molar-refractivity contribution in [2.75, 3.05) is 13.2 Å². The van der Waals surface area contributed by atoms with Gasteiger partial charge in [0.2, 0.25) is 0 Å². The van der Waals surface area contributed by atoms with Gasteiger partial charge in [0, 0.05) is 25.2 Å². The molecule has 1 amide bonds. The summed E-state index contributed by atoms with van der Waals surface area (Å²) in [4.78, 5) is 24.9. The van der Waals surface area contributed by atoms with Gasteiger partial charge in [-0.05, 0) is 68.5 Å². The van der Waals surface area contributed by atoms with Crippen LogP contribution in [-0.4, -0.2) is 38.6 Å². The van der Waals surface area contributed by atoms with Gasteiger partial charge in [0.25, 0.3) is 11.5 Å². The van der Waals surface area contributed by atoms with Crippen LogP contribution in [0, 0.1) is 0 Å². The number of hydrogen-bond donors (Lipinski definition) is 1. The molecule has 0 atom stereocenters. The second-order valence-electron chi connectivity index (χ2n) is 7.64. The molecular formula is C23H27N5O3. The van der Waals surface area contributed by atoms with Crippen LogP contribution in [0.5, 0.6) is 5.75 Å². The normalized spacial score (nSPS) is 13.0. The number of carbonyl (C=O) groups is 1. The van der Waals surface area contributed by atoms with E-state index in [4.69, 9.17) is 4.74 Å². The monoisotopic (exact) mass is 421 g/mol. The molecule has 2 aromatic heterocycles. The molecule has 1 aliphatic rings. The lowest BCUT2D eigenvalue weighted by Crippen LogP contribution is -2.33. The number of aryl methyl sites for hydroxylation is 3. The summed E-state index contributed by atoms with van der Waals surface area (Å²) in [5.41, 5.74) is 4.02. The van der Waals surface area contributed by atoms with Gasteiger partial charge in [-0.25, -0.2) is 4.68 Å². The van der Waals surface area contributed by atoms with Gasteiger partial charge in [-0.3, -0.25) is 14.3 Å². The number of nitrogens with zero attached hydrogens (tertiary/aromatic N) is 4. The highest BCUT2D eigenvalue weighted by atomic mass is 16.5. The zero-order chi connectivity index (χ0) is 21.8. The quantitative estimate of drug-likeness (QED) is 0.632. The van der Waals surface area contributed by atoms with Crippen LogP contribution in [0.25, 0.3) is 11.3 Å². The fourth-order valence-corrected chi connectivity index (χ4v) is 3.84. The standard InChI is InChI=1S/C23H27N5O3/c1-3-31-18-10-8-16(9-11-18)20-15-21(27(2)25-20)23(30)24-12-13-28-22(29)14-17-6-4-5-7-19(17)26-28/h8-11,14-15H,3-7,12-13H2,1-2H3,(H,24,30). The Morgan fingerprint density at radius 3 is 2.68 bits per heavy atom. The van der Waals surface area contributed by atoms with Gasteiger partial charge in [0.05, 0.1) is 24.5 Å². The molecule has 0 fully saturated rings. The van der Waals surface area contributed by atoms with Crippen LogP contribution in [-0.2, 0) is 26.4 Å². The van der Waals surface area contributed by atoms with E-state index in [0.29, 0.717) is 31.1 Å². The highest BCUT2D eigenvalue weighted by Crippen LogP contribution is 2.22. The Morgan fingerprint density at radius 2 is 1.90 bits per heavy atom. The fraction of sp³-hybridized carbons (Fsp3) is 0.391. The van der Waals surface area contributed by atoms with Crippen molar-refractivity contribution in [3.05, 3.63) is 63.7 Å². The fourth-order valence-electron chi connectivity index (χ4n) is 3.84. The van der Waals surface area contributed by atoms with E-state index in [-0.39, 0.29) is 11.5 Å². The highest BCUT2D eigenvalue weighted by molar-refractivity contribution is 5.93. The Morgan fingerprint density at radius 1 is 1.13 bits per heavy atom. The van der Waals surface area contributed by atoms with Crippen LogP contribution in [0.1, 0.15) is 41.5 Å². The second-order valence-corrected chi connectivity index (χ2v) is 7.64. The molecule has 1 N–H and O–H groups in total. The third-order valence-corrected chi connectivity index (χ3v) is 5.46. The van der Waals surface area contributed by atoms with Crippen molar-refractivity contribution in [3.8, 4) is 17.0 Å². The van der Waals surface area contributed by atoms with E-state index in [2.05, 4.69) is 15.5 Å². The SMILES string of the molecule is CCOc1ccc(-c2cc(C(=O)NCCn3nc4c(cc3=O)CCCC4)n(C)n2)cc1. The molecule has 0 aliphatic heterocycles. The van der Waals surface area contributed by atoms with E-state index < -0.39 is 0 Å². The number of ether oxygens (including phenoxy) is 1. The molecule has 0 saturated carbocycles. The molecule has 162 valence electrons. The lowest BCUT2D eigenvalue weighted by atomic mass is 9.97. The highest BCUT2D eigenvalue weighted by Gasteiger charge is 2.16. The Kier molecular flexibility index (Phi) is 6.16. The predicted molar refractivity (Wildman–Crippen MR) is 117 cm³/mol. The first-order valence-corrected chi connectivity index (χ1v) is 10.7. The maximum atomic E-state index is 12.7. The van der Waals surface area contributed by atoms with Crippen molar-refractivity contribution >= 4 is 5.91 Å². The molecule has 8 nitrogen and oxygen atoms in total. The summed E-state index contributed by atoms with van der Waals surface area (Å²) in [6.45, 7) is 3.20. The number of amides is 1. The van der Waals surface area contributed by atoms with Crippen molar-refractivity contribution < 1.29 is 9.53 Å². The van der Waals surface area contributed by atoms with Crippen LogP contribution in [0.15, 0.2) is 41.2 Å². The number of rotatable bonds is 7. The Hall–Kier alpha value is -3.42. The molecule has 0 unspecified atom stereocenters. The molecule has 3 aromatic rings. The zero-order valence-electron chi connectivity index (χ0n) is 17.9. The van der Waals surface area contributed by atoms with E-state index in [1.165, 1.54) is 4.68 Å². The first-order chi connectivity index (χ1) is 15.0. The minimum Gasteiger partial charge on any atom is -0.494 e. The summed E-state index contributed by atoms with van der Waals surface area (Å²) in [7, 11) is 1.74. The smallest absolute Gasteiger partial charge is 0.269 e. The predicted octanol–water partition coefficient (Wildman–Crippen LogP) is 2.35. The lowest BCUT2D eigenvalue weighted by molar-refractivity contribution is 0.0942. The number of nitrogens with one attached hydrogen (secondary N) is 1. The molecule has 31 heavy (non-hydrogen) atoms. The molecule has 2 heterocycles. The van der Waals surface area contributed by atoms with Gasteiger partial charge in [-0.2, -0.15) is 10.2 Å². The van der Waals surface area contributed by atoms with Gasteiger partial charge in [0.1, 0.15) is 11.4 Å². The van der Waals surface area contributed by atoms with Crippen LogP contribution >= 0.6 is 0 Å². The van der Waals surface area contributed by atoms with E-state index >= 15 is 0 Å². The van der Waals surface area contributed by atoms with Gasteiger partial charge in [-0.1, -0.05) is 0 Å². The molecule has 4 rings (SSSR count). The third-order valence-electron chi connectivity index (χ3n) is 5.46. The molecule has 0 saturated heterocycles.